The largest absolute Gasteiger partial charge is 0.491 e. The lowest BCUT2D eigenvalue weighted by molar-refractivity contribution is -0.137. The van der Waals surface area contributed by atoms with E-state index in [2.05, 4.69) is 5.32 Å². The van der Waals surface area contributed by atoms with Crippen LogP contribution in [-0.2, 0) is 15.7 Å². The van der Waals surface area contributed by atoms with Crippen LogP contribution in [0.2, 0.25) is 0 Å². The molecule has 0 bridgehead atoms. The molecule has 3 rings (SSSR count). The van der Waals surface area contributed by atoms with Crippen molar-refractivity contribution in [2.24, 2.45) is 17.8 Å². The Morgan fingerprint density at radius 3 is 2.19 bits per heavy atom. The Kier molecular flexibility index (Phi) is 6.17. The Morgan fingerprint density at radius 1 is 1.09 bits per heavy atom. The molecule has 0 spiro atoms. The van der Waals surface area contributed by atoms with Gasteiger partial charge in [0.25, 0.3) is 0 Å². The lowest BCUT2D eigenvalue weighted by atomic mass is 10.1. The van der Waals surface area contributed by atoms with Crippen LogP contribution in [0, 0.1) is 24.7 Å². The number of likely N-dealkylation sites (tertiary alicyclic amines) is 1. The average Bonchev–Trinajstić information content (AvgIpc) is 3.12. The van der Waals surface area contributed by atoms with Crippen molar-refractivity contribution in [2.75, 3.05) is 19.7 Å². The molecule has 1 aliphatic heterocycles. The lowest BCUT2D eigenvalue weighted by Crippen LogP contribution is -2.49. The van der Waals surface area contributed by atoms with E-state index in [0.717, 1.165) is 12.1 Å². The van der Waals surface area contributed by atoms with Crippen molar-refractivity contribution in [2.45, 2.75) is 58.9 Å². The minimum atomic E-state index is -4.40. The fourth-order valence-corrected chi connectivity index (χ4v) is 4.09. The van der Waals surface area contributed by atoms with Crippen LogP contribution in [0.5, 0.6) is 5.75 Å². The van der Waals surface area contributed by atoms with Gasteiger partial charge in [0, 0.05) is 19.0 Å². The first-order valence-electron chi connectivity index (χ1n) is 10.7. The Balaban J connectivity index is 1.49. The van der Waals surface area contributed by atoms with Crippen LogP contribution >= 0.6 is 0 Å². The van der Waals surface area contributed by atoms with Gasteiger partial charge < -0.3 is 19.7 Å². The Labute approximate surface area is 186 Å². The highest BCUT2D eigenvalue weighted by atomic mass is 19.4. The third-order valence-corrected chi connectivity index (χ3v) is 5.70. The van der Waals surface area contributed by atoms with Crippen molar-refractivity contribution < 1.29 is 32.2 Å². The van der Waals surface area contributed by atoms with Crippen LogP contribution in [0.15, 0.2) is 18.2 Å². The third-order valence-electron chi connectivity index (χ3n) is 5.70. The van der Waals surface area contributed by atoms with E-state index in [1.807, 2.05) is 20.8 Å². The number of rotatable bonds is 5. The summed E-state index contributed by atoms with van der Waals surface area (Å²) < 4.78 is 49.6. The Hall–Kier alpha value is -2.45. The summed E-state index contributed by atoms with van der Waals surface area (Å²) in [5.74, 6) is 0.340. The summed E-state index contributed by atoms with van der Waals surface area (Å²) in [6.07, 6.45) is -4.76. The zero-order chi connectivity index (χ0) is 24.1. The number of piperidine rings is 1. The van der Waals surface area contributed by atoms with E-state index >= 15 is 0 Å². The number of nitrogens with one attached hydrogen (secondary N) is 1. The summed E-state index contributed by atoms with van der Waals surface area (Å²) >= 11 is 0. The van der Waals surface area contributed by atoms with Gasteiger partial charge in [0.2, 0.25) is 5.91 Å². The summed E-state index contributed by atoms with van der Waals surface area (Å²) in [6.45, 7) is 11.7. The van der Waals surface area contributed by atoms with Crippen LogP contribution in [0.1, 0.15) is 45.7 Å². The lowest BCUT2D eigenvalue weighted by Gasteiger charge is -2.28. The maximum atomic E-state index is 12.8. The molecule has 1 aliphatic carbocycles. The number of halogens is 3. The van der Waals surface area contributed by atoms with Crippen molar-refractivity contribution in [3.8, 4) is 5.75 Å². The van der Waals surface area contributed by atoms with Crippen LogP contribution in [0.4, 0.5) is 18.0 Å². The maximum Gasteiger partial charge on any atom is 0.416 e. The molecule has 1 aromatic rings. The summed E-state index contributed by atoms with van der Waals surface area (Å²) in [7, 11) is 0. The molecule has 0 aromatic heterocycles. The third kappa shape index (κ3) is 5.66. The molecular weight excluding hydrogens is 425 g/mol. The maximum absolute atomic E-state index is 12.8. The smallest absolute Gasteiger partial charge is 0.416 e. The van der Waals surface area contributed by atoms with Gasteiger partial charge in [-0.3, -0.25) is 4.79 Å². The number of carbonyl (C=O) groups is 2. The minimum Gasteiger partial charge on any atom is -0.491 e. The number of fused-ring (bicyclic) bond motifs is 1. The zero-order valence-electron chi connectivity index (χ0n) is 19.3. The highest BCUT2D eigenvalue weighted by molar-refractivity contribution is 5.84. The number of amides is 2. The van der Waals surface area contributed by atoms with Gasteiger partial charge in [0.15, 0.2) is 0 Å². The monoisotopic (exact) mass is 456 g/mol. The second-order valence-corrected chi connectivity index (χ2v) is 10.4. The van der Waals surface area contributed by atoms with Crippen molar-refractivity contribution in [3.63, 3.8) is 0 Å². The van der Waals surface area contributed by atoms with Gasteiger partial charge in [-0.15, -0.1) is 0 Å². The van der Waals surface area contributed by atoms with Crippen molar-refractivity contribution in [1.29, 1.82) is 0 Å². The van der Waals surface area contributed by atoms with Gasteiger partial charge in [-0.1, -0.05) is 0 Å². The fourth-order valence-electron chi connectivity index (χ4n) is 4.09. The Morgan fingerprint density at radius 2 is 1.69 bits per heavy atom. The molecule has 1 aromatic carbocycles. The van der Waals surface area contributed by atoms with Gasteiger partial charge >= 0.3 is 12.3 Å². The average molecular weight is 457 g/mol. The molecular formula is C23H31F3N2O4. The second-order valence-electron chi connectivity index (χ2n) is 10.4. The first-order valence-corrected chi connectivity index (χ1v) is 10.7. The molecule has 1 saturated carbocycles. The molecule has 6 nitrogen and oxygen atoms in total. The van der Waals surface area contributed by atoms with E-state index in [1.54, 1.807) is 25.7 Å². The van der Waals surface area contributed by atoms with Gasteiger partial charge in [0.05, 0.1) is 11.1 Å². The molecule has 1 N–H and O–H groups in total. The van der Waals surface area contributed by atoms with E-state index in [0.29, 0.717) is 24.4 Å². The van der Waals surface area contributed by atoms with Crippen LogP contribution < -0.4 is 10.1 Å². The van der Waals surface area contributed by atoms with Crippen LogP contribution in [0.25, 0.3) is 0 Å². The number of aryl methyl sites for hydroxylation is 1. The number of ether oxygens (including phenoxy) is 2. The number of hydrogen-bond acceptors (Lipinski definition) is 4. The van der Waals surface area contributed by atoms with E-state index in [-0.39, 0.29) is 36.4 Å². The predicted octanol–water partition coefficient (Wildman–Crippen LogP) is 4.40. The minimum absolute atomic E-state index is 0.0958. The quantitative estimate of drug-likeness (QED) is 0.713. The molecule has 1 heterocycles. The second kappa shape index (κ2) is 8.15. The molecule has 9 heteroatoms. The van der Waals surface area contributed by atoms with Crippen molar-refractivity contribution >= 4 is 12.0 Å². The van der Waals surface area contributed by atoms with Gasteiger partial charge in [-0.25, -0.2) is 4.79 Å². The summed E-state index contributed by atoms with van der Waals surface area (Å²) in [5, 5.41) is 2.98. The fraction of sp³-hybridized carbons (Fsp3) is 0.652. The van der Waals surface area contributed by atoms with Crippen molar-refractivity contribution in [1.82, 2.24) is 10.2 Å². The standard InChI is InChI=1S/C23H31F3N2O4/c1-13-9-14(23(24,25)26)7-8-17(13)31-12-22(5,6)27-19(29)18-15-10-28(11-16(15)18)20(30)32-21(2,3)4/h7-9,15-16,18H,10-12H2,1-6H3,(H,27,29)/t15-,16+,18?. The highest BCUT2D eigenvalue weighted by Crippen LogP contribution is 2.52. The number of benzene rings is 1. The normalized spacial score (nSPS) is 22.9. The number of carbonyl (C=O) groups excluding carboxylic acids is 2. The summed E-state index contributed by atoms with van der Waals surface area (Å²) in [4.78, 5) is 26.6. The topological polar surface area (TPSA) is 67.9 Å². The number of nitrogens with zero attached hydrogens (tertiary/aromatic N) is 1. The van der Waals surface area contributed by atoms with E-state index in [1.165, 1.54) is 6.07 Å². The molecule has 32 heavy (non-hydrogen) atoms. The van der Waals surface area contributed by atoms with E-state index in [4.69, 9.17) is 9.47 Å². The molecule has 178 valence electrons. The SMILES string of the molecule is Cc1cc(C(F)(F)F)ccc1OCC(C)(C)NC(=O)C1[C@H]2CN(C(=O)OC(C)(C)C)C[C@@H]12. The summed E-state index contributed by atoms with van der Waals surface area (Å²) in [5.41, 5.74) is -1.62. The molecule has 3 atom stereocenters. The van der Waals surface area contributed by atoms with Crippen LogP contribution in [0.3, 0.4) is 0 Å². The number of hydrogen-bond donors (Lipinski definition) is 1. The molecule has 1 unspecified atom stereocenters. The van der Waals surface area contributed by atoms with Gasteiger partial charge in [-0.05, 0) is 77.1 Å². The number of alkyl halides is 3. The first-order chi connectivity index (χ1) is 14.6. The van der Waals surface area contributed by atoms with Gasteiger partial charge in [-0.2, -0.15) is 13.2 Å². The molecule has 1 saturated heterocycles. The van der Waals surface area contributed by atoms with Crippen LogP contribution in [-0.4, -0.2) is 47.7 Å². The van der Waals surface area contributed by atoms with Crippen molar-refractivity contribution in [3.05, 3.63) is 29.3 Å². The van der Waals surface area contributed by atoms with Gasteiger partial charge in [0.1, 0.15) is 18.0 Å². The van der Waals surface area contributed by atoms with E-state index < -0.39 is 22.9 Å². The zero-order valence-corrected chi connectivity index (χ0v) is 19.3. The summed E-state index contributed by atoms with van der Waals surface area (Å²) in [6, 6.07) is 3.32. The van der Waals surface area contributed by atoms with E-state index in [9.17, 15) is 22.8 Å². The Bertz CT molecular complexity index is 880. The first kappa shape index (κ1) is 24.2. The molecule has 2 amide bonds. The highest BCUT2D eigenvalue weighted by Gasteiger charge is 2.61. The molecule has 2 fully saturated rings. The predicted molar refractivity (Wildman–Crippen MR) is 112 cm³/mol. The molecule has 0 radical (unpaired) electrons. The molecule has 2 aliphatic rings.